The van der Waals surface area contributed by atoms with E-state index in [4.69, 9.17) is 4.52 Å². The molecule has 1 aromatic heterocycles. The van der Waals surface area contributed by atoms with Gasteiger partial charge in [0, 0.05) is 37.2 Å². The molecule has 0 fully saturated rings. The van der Waals surface area contributed by atoms with Crippen LogP contribution in [0.5, 0.6) is 0 Å². The quantitative estimate of drug-likeness (QED) is 0.873. The van der Waals surface area contributed by atoms with Crippen LogP contribution in [0.4, 0.5) is 9.18 Å². The number of hydrogen-bond donors (Lipinski definition) is 0. The van der Waals surface area contributed by atoms with Crippen molar-refractivity contribution in [2.24, 2.45) is 0 Å². The minimum Gasteiger partial charge on any atom is -0.356 e. The van der Waals surface area contributed by atoms with Gasteiger partial charge in [0.1, 0.15) is 5.82 Å². The molecule has 122 valence electrons. The average molecular weight is 317 g/mol. The minimum atomic E-state index is -0.291. The fraction of sp³-hybridized carbons (Fsp3) is 0.412. The monoisotopic (exact) mass is 317 g/mol. The number of aromatic nitrogens is 1. The van der Waals surface area contributed by atoms with E-state index in [0.717, 1.165) is 16.8 Å². The predicted molar refractivity (Wildman–Crippen MR) is 84.3 cm³/mol. The van der Waals surface area contributed by atoms with Crippen LogP contribution in [0.3, 0.4) is 0 Å². The first kappa shape index (κ1) is 15.5. The van der Waals surface area contributed by atoms with Gasteiger partial charge in [0.05, 0.1) is 12.2 Å². The van der Waals surface area contributed by atoms with Gasteiger partial charge >= 0.3 is 6.03 Å². The number of halogens is 1. The maximum absolute atomic E-state index is 13.1. The molecular weight excluding hydrogens is 297 g/mol. The van der Waals surface area contributed by atoms with Crippen LogP contribution in [-0.2, 0) is 13.0 Å². The van der Waals surface area contributed by atoms with Crippen molar-refractivity contribution < 1.29 is 13.7 Å². The largest absolute Gasteiger partial charge is 0.356 e. The van der Waals surface area contributed by atoms with Gasteiger partial charge < -0.3 is 14.3 Å². The highest BCUT2D eigenvalue weighted by atomic mass is 19.1. The summed E-state index contributed by atoms with van der Waals surface area (Å²) in [6.07, 6.45) is 0.674. The maximum atomic E-state index is 13.1. The first-order chi connectivity index (χ1) is 11.1. The molecule has 6 heteroatoms. The lowest BCUT2D eigenvalue weighted by molar-refractivity contribution is 0.152. The third-order valence-corrected chi connectivity index (χ3v) is 4.25. The van der Waals surface area contributed by atoms with Crippen LogP contribution >= 0.6 is 0 Å². The Labute approximate surface area is 134 Å². The maximum Gasteiger partial charge on any atom is 0.320 e. The Kier molecular flexibility index (Phi) is 4.32. The molecule has 0 saturated heterocycles. The minimum absolute atomic E-state index is 0.0342. The van der Waals surface area contributed by atoms with Gasteiger partial charge in [0.2, 0.25) is 0 Å². The first-order valence-corrected chi connectivity index (χ1v) is 7.91. The molecule has 2 aromatic rings. The second kappa shape index (κ2) is 6.40. The van der Waals surface area contributed by atoms with Gasteiger partial charge in [-0.1, -0.05) is 5.16 Å². The molecule has 3 rings (SSSR count). The van der Waals surface area contributed by atoms with Crippen molar-refractivity contribution in [1.82, 2.24) is 15.0 Å². The Morgan fingerprint density at radius 3 is 2.65 bits per heavy atom. The first-order valence-electron chi connectivity index (χ1n) is 7.91. The molecule has 0 atom stereocenters. The molecule has 0 unspecified atom stereocenters. The molecule has 23 heavy (non-hydrogen) atoms. The molecule has 1 aliphatic rings. The summed E-state index contributed by atoms with van der Waals surface area (Å²) in [6.45, 7) is 6.43. The third kappa shape index (κ3) is 2.93. The highest BCUT2D eigenvalue weighted by Gasteiger charge is 2.29. The van der Waals surface area contributed by atoms with Crippen LogP contribution in [-0.4, -0.2) is 40.6 Å². The van der Waals surface area contributed by atoms with Crippen molar-refractivity contribution in [3.05, 3.63) is 41.3 Å². The zero-order chi connectivity index (χ0) is 16.4. The summed E-state index contributed by atoms with van der Waals surface area (Å²) in [7, 11) is 0. The van der Waals surface area contributed by atoms with Gasteiger partial charge in [0.25, 0.3) is 0 Å². The van der Waals surface area contributed by atoms with Crippen molar-refractivity contribution in [2.45, 2.75) is 26.8 Å². The fourth-order valence-corrected chi connectivity index (χ4v) is 2.90. The molecule has 5 nitrogen and oxygen atoms in total. The second-order valence-corrected chi connectivity index (χ2v) is 5.57. The SMILES string of the molecule is CCN(CC)C(=O)N1CCc2noc(-c3ccc(F)cc3)c2C1. The summed E-state index contributed by atoms with van der Waals surface area (Å²) in [6, 6.07) is 6.16. The molecule has 0 N–H and O–H groups in total. The van der Waals surface area contributed by atoms with Crippen LogP contribution in [0.25, 0.3) is 11.3 Å². The number of amides is 2. The standard InChI is InChI=1S/C17H20FN3O2/c1-3-20(4-2)17(22)21-10-9-15-14(11-21)16(23-19-15)12-5-7-13(18)8-6-12/h5-8H,3-4,9-11H2,1-2H3. The van der Waals surface area contributed by atoms with E-state index in [1.165, 1.54) is 12.1 Å². The van der Waals surface area contributed by atoms with E-state index < -0.39 is 0 Å². The number of hydrogen-bond acceptors (Lipinski definition) is 3. The van der Waals surface area contributed by atoms with Crippen molar-refractivity contribution in [2.75, 3.05) is 19.6 Å². The summed E-state index contributed by atoms with van der Waals surface area (Å²) >= 11 is 0. The Bertz CT molecular complexity index is 692. The summed E-state index contributed by atoms with van der Waals surface area (Å²) in [5, 5.41) is 4.11. The normalized spacial score (nSPS) is 13.8. The molecule has 2 heterocycles. The second-order valence-electron chi connectivity index (χ2n) is 5.57. The van der Waals surface area contributed by atoms with E-state index in [9.17, 15) is 9.18 Å². The molecule has 0 aliphatic carbocycles. The van der Waals surface area contributed by atoms with Gasteiger partial charge in [-0.15, -0.1) is 0 Å². The fourth-order valence-electron chi connectivity index (χ4n) is 2.90. The number of nitrogens with zero attached hydrogens (tertiary/aromatic N) is 3. The molecular formula is C17H20FN3O2. The Morgan fingerprint density at radius 2 is 2.00 bits per heavy atom. The molecule has 2 amide bonds. The Morgan fingerprint density at radius 1 is 1.30 bits per heavy atom. The van der Waals surface area contributed by atoms with Crippen molar-refractivity contribution in [1.29, 1.82) is 0 Å². The van der Waals surface area contributed by atoms with E-state index in [2.05, 4.69) is 5.16 Å². The number of fused-ring (bicyclic) bond motifs is 1. The van der Waals surface area contributed by atoms with Crippen molar-refractivity contribution >= 4 is 6.03 Å². The third-order valence-electron chi connectivity index (χ3n) is 4.25. The summed E-state index contributed by atoms with van der Waals surface area (Å²) < 4.78 is 18.6. The van der Waals surface area contributed by atoms with E-state index >= 15 is 0 Å². The molecule has 1 aromatic carbocycles. The molecule has 0 radical (unpaired) electrons. The molecule has 0 bridgehead atoms. The average Bonchev–Trinajstić information content (AvgIpc) is 2.99. The highest BCUT2D eigenvalue weighted by molar-refractivity contribution is 5.75. The molecule has 0 saturated carbocycles. The number of carbonyl (C=O) groups excluding carboxylic acids is 1. The van der Waals surface area contributed by atoms with E-state index in [0.29, 0.717) is 38.4 Å². The molecule has 1 aliphatic heterocycles. The Hall–Kier alpha value is -2.37. The number of carbonyl (C=O) groups is 1. The van der Waals surface area contributed by atoms with Crippen LogP contribution < -0.4 is 0 Å². The van der Waals surface area contributed by atoms with Gasteiger partial charge in [-0.2, -0.15) is 0 Å². The smallest absolute Gasteiger partial charge is 0.320 e. The van der Waals surface area contributed by atoms with Crippen LogP contribution in [0.15, 0.2) is 28.8 Å². The number of benzene rings is 1. The van der Waals surface area contributed by atoms with Crippen LogP contribution in [0, 0.1) is 5.82 Å². The molecule has 0 spiro atoms. The van der Waals surface area contributed by atoms with E-state index in [1.807, 2.05) is 18.7 Å². The summed E-state index contributed by atoms with van der Waals surface area (Å²) in [4.78, 5) is 16.2. The van der Waals surface area contributed by atoms with Crippen molar-refractivity contribution in [3.63, 3.8) is 0 Å². The number of rotatable bonds is 3. The lowest BCUT2D eigenvalue weighted by Crippen LogP contribution is -2.45. The topological polar surface area (TPSA) is 49.6 Å². The van der Waals surface area contributed by atoms with Gasteiger partial charge in [-0.25, -0.2) is 9.18 Å². The number of urea groups is 1. The van der Waals surface area contributed by atoms with Gasteiger partial charge in [-0.3, -0.25) is 0 Å². The van der Waals surface area contributed by atoms with Gasteiger partial charge in [0.15, 0.2) is 5.76 Å². The van der Waals surface area contributed by atoms with E-state index in [1.54, 1.807) is 17.0 Å². The predicted octanol–water partition coefficient (Wildman–Crippen LogP) is 3.30. The van der Waals surface area contributed by atoms with Crippen LogP contribution in [0.2, 0.25) is 0 Å². The lowest BCUT2D eigenvalue weighted by Gasteiger charge is -2.31. The van der Waals surface area contributed by atoms with Crippen LogP contribution in [0.1, 0.15) is 25.1 Å². The van der Waals surface area contributed by atoms with Crippen molar-refractivity contribution in [3.8, 4) is 11.3 Å². The summed E-state index contributed by atoms with van der Waals surface area (Å²) in [5.41, 5.74) is 2.58. The zero-order valence-electron chi connectivity index (χ0n) is 13.4. The van der Waals surface area contributed by atoms with E-state index in [-0.39, 0.29) is 11.8 Å². The van der Waals surface area contributed by atoms with Gasteiger partial charge in [-0.05, 0) is 38.1 Å². The highest BCUT2D eigenvalue weighted by Crippen LogP contribution is 2.30. The lowest BCUT2D eigenvalue weighted by atomic mass is 10.0. The Balaban J connectivity index is 1.87. The zero-order valence-corrected chi connectivity index (χ0v) is 13.4. The summed E-state index contributed by atoms with van der Waals surface area (Å²) in [5.74, 6) is 0.331.